The third-order valence-corrected chi connectivity index (χ3v) is 4.15. The Morgan fingerprint density at radius 3 is 2.14 bits per heavy atom. The Kier molecular flexibility index (Phi) is 10.2. The Balaban J connectivity index is 1.81. The second kappa shape index (κ2) is 11.8. The van der Waals surface area contributed by atoms with Crippen molar-refractivity contribution in [3.63, 3.8) is 0 Å². The van der Waals surface area contributed by atoms with Gasteiger partial charge in [-0.3, -0.25) is 0 Å². The largest absolute Gasteiger partial charge is 0.478 e. The average molecular weight is 296 g/mol. The van der Waals surface area contributed by atoms with Crippen molar-refractivity contribution in [3.8, 4) is 0 Å². The van der Waals surface area contributed by atoms with E-state index in [4.69, 9.17) is 9.84 Å². The minimum absolute atomic E-state index is 0.523. The van der Waals surface area contributed by atoms with Gasteiger partial charge < -0.3 is 9.84 Å². The number of aliphatic carboxylic acids is 1. The molecular formula is C18H32O3. The van der Waals surface area contributed by atoms with Gasteiger partial charge in [-0.15, -0.1) is 0 Å². The van der Waals surface area contributed by atoms with E-state index < -0.39 is 5.97 Å². The summed E-state index contributed by atoms with van der Waals surface area (Å²) in [5, 5.41) is 8.45. The third-order valence-electron chi connectivity index (χ3n) is 4.15. The molecule has 3 nitrogen and oxygen atoms in total. The van der Waals surface area contributed by atoms with Crippen molar-refractivity contribution in [2.75, 3.05) is 0 Å². The lowest BCUT2D eigenvalue weighted by atomic mass is 10.0. The van der Waals surface area contributed by atoms with Crippen molar-refractivity contribution in [3.05, 3.63) is 12.2 Å². The highest BCUT2D eigenvalue weighted by Gasteiger charge is 2.36. The normalized spacial score (nSPS) is 21.0. The Hall–Kier alpha value is -0.830. The maximum absolute atomic E-state index is 10.3. The van der Waals surface area contributed by atoms with Crippen LogP contribution in [0.5, 0.6) is 0 Å². The first-order valence-electron chi connectivity index (χ1n) is 8.79. The number of hydrogen-bond acceptors (Lipinski definition) is 2. The van der Waals surface area contributed by atoms with Gasteiger partial charge in [0, 0.05) is 6.08 Å². The van der Waals surface area contributed by atoms with E-state index in [9.17, 15) is 4.79 Å². The van der Waals surface area contributed by atoms with Crippen LogP contribution in [0.15, 0.2) is 12.2 Å². The fourth-order valence-corrected chi connectivity index (χ4v) is 2.78. The molecule has 1 fully saturated rings. The lowest BCUT2D eigenvalue weighted by Crippen LogP contribution is -1.94. The fraction of sp³-hybridized carbons (Fsp3) is 0.833. The van der Waals surface area contributed by atoms with Crippen molar-refractivity contribution in [1.29, 1.82) is 0 Å². The van der Waals surface area contributed by atoms with Gasteiger partial charge in [-0.05, 0) is 25.7 Å². The van der Waals surface area contributed by atoms with Crippen molar-refractivity contribution in [2.24, 2.45) is 0 Å². The summed E-state index contributed by atoms with van der Waals surface area (Å²) in [5.74, 6) is -0.848. The zero-order valence-electron chi connectivity index (χ0n) is 13.6. The number of unbranched alkanes of at least 4 members (excludes halogenated alkanes) is 8. The zero-order chi connectivity index (χ0) is 15.3. The van der Waals surface area contributed by atoms with Crippen LogP contribution in [0, 0.1) is 0 Å². The molecule has 1 aliphatic rings. The minimum Gasteiger partial charge on any atom is -0.478 e. The van der Waals surface area contributed by atoms with E-state index in [0.717, 1.165) is 12.8 Å². The van der Waals surface area contributed by atoms with Gasteiger partial charge in [-0.25, -0.2) is 4.79 Å². The second-order valence-electron chi connectivity index (χ2n) is 6.15. The van der Waals surface area contributed by atoms with Gasteiger partial charge in [-0.2, -0.15) is 0 Å². The van der Waals surface area contributed by atoms with Crippen LogP contribution < -0.4 is 0 Å². The summed E-state index contributed by atoms with van der Waals surface area (Å²) in [4.78, 5) is 10.3. The number of carbonyl (C=O) groups is 1. The minimum atomic E-state index is -0.848. The topological polar surface area (TPSA) is 49.8 Å². The van der Waals surface area contributed by atoms with Gasteiger partial charge >= 0.3 is 5.97 Å². The number of epoxide rings is 1. The number of allylic oxidation sites excluding steroid dienone is 1. The van der Waals surface area contributed by atoms with Crippen LogP contribution in [0.1, 0.15) is 84.0 Å². The summed E-state index contributed by atoms with van der Waals surface area (Å²) in [6.45, 7) is 2.26. The summed E-state index contributed by atoms with van der Waals surface area (Å²) in [6, 6.07) is 0. The molecule has 0 aliphatic carbocycles. The van der Waals surface area contributed by atoms with E-state index in [-0.39, 0.29) is 0 Å². The van der Waals surface area contributed by atoms with E-state index in [0.29, 0.717) is 12.2 Å². The summed E-state index contributed by atoms with van der Waals surface area (Å²) < 4.78 is 5.71. The number of carboxylic acid groups (broad SMARTS) is 1. The van der Waals surface area contributed by atoms with Crippen LogP contribution in [-0.2, 0) is 9.53 Å². The first-order chi connectivity index (χ1) is 10.2. The molecule has 0 saturated carbocycles. The molecule has 21 heavy (non-hydrogen) atoms. The number of rotatable bonds is 14. The monoisotopic (exact) mass is 296 g/mol. The highest BCUT2D eigenvalue weighted by Crippen LogP contribution is 2.31. The highest BCUT2D eigenvalue weighted by molar-refractivity contribution is 5.79. The molecule has 0 bridgehead atoms. The molecule has 1 aliphatic heterocycles. The molecule has 0 amide bonds. The van der Waals surface area contributed by atoms with E-state index in [1.165, 1.54) is 70.3 Å². The summed E-state index contributed by atoms with van der Waals surface area (Å²) in [5.41, 5.74) is 0. The molecule has 0 radical (unpaired) electrons. The molecule has 0 aromatic carbocycles. The Labute approximate surface area is 129 Å². The van der Waals surface area contributed by atoms with Gasteiger partial charge in [0.05, 0.1) is 12.2 Å². The number of ether oxygens (including phenoxy) is 1. The lowest BCUT2D eigenvalue weighted by molar-refractivity contribution is -0.131. The Bertz CT molecular complexity index is 299. The molecule has 2 atom stereocenters. The lowest BCUT2D eigenvalue weighted by Gasteiger charge is -1.99. The van der Waals surface area contributed by atoms with Crippen LogP contribution in [0.25, 0.3) is 0 Å². The Morgan fingerprint density at radius 1 is 0.952 bits per heavy atom. The van der Waals surface area contributed by atoms with Crippen LogP contribution in [-0.4, -0.2) is 23.3 Å². The quantitative estimate of drug-likeness (QED) is 0.276. The molecule has 1 rings (SSSR count). The highest BCUT2D eigenvalue weighted by atomic mass is 16.6. The van der Waals surface area contributed by atoms with E-state index in [1.807, 2.05) is 0 Å². The standard InChI is InChI=1S/C18H32O3/c1-2-3-4-5-7-10-13-16-17(21-16)14-11-8-6-9-12-15-18(19)20/h12,15-17H,2-11,13-14H2,1H3,(H,19,20)/b15-12+/t16-,17+/m0/s1. The summed E-state index contributed by atoms with van der Waals surface area (Å²) in [6.07, 6.45) is 19.0. The van der Waals surface area contributed by atoms with Gasteiger partial charge in [-0.1, -0.05) is 64.4 Å². The fourth-order valence-electron chi connectivity index (χ4n) is 2.78. The third kappa shape index (κ3) is 10.5. The predicted molar refractivity (Wildman–Crippen MR) is 86.5 cm³/mol. The van der Waals surface area contributed by atoms with Crippen molar-refractivity contribution in [2.45, 2.75) is 96.2 Å². The summed E-state index contributed by atoms with van der Waals surface area (Å²) in [7, 11) is 0. The SMILES string of the molecule is CCCCCCCC[C@@H]1O[C@@H]1CCCCC/C=C/C(=O)O. The molecule has 1 saturated heterocycles. The van der Waals surface area contributed by atoms with Crippen LogP contribution in [0.4, 0.5) is 0 Å². The van der Waals surface area contributed by atoms with Crippen LogP contribution in [0.2, 0.25) is 0 Å². The second-order valence-corrected chi connectivity index (χ2v) is 6.15. The van der Waals surface area contributed by atoms with Gasteiger partial charge in [0.25, 0.3) is 0 Å². The first kappa shape index (κ1) is 18.2. The molecule has 0 unspecified atom stereocenters. The predicted octanol–water partition coefficient (Wildman–Crippen LogP) is 5.10. The van der Waals surface area contributed by atoms with Gasteiger partial charge in [0.1, 0.15) is 0 Å². The Morgan fingerprint density at radius 2 is 1.52 bits per heavy atom. The molecule has 1 N–H and O–H groups in total. The van der Waals surface area contributed by atoms with Gasteiger partial charge in [0.15, 0.2) is 0 Å². The molecule has 122 valence electrons. The molecule has 1 heterocycles. The maximum Gasteiger partial charge on any atom is 0.327 e. The first-order valence-corrected chi connectivity index (χ1v) is 8.79. The van der Waals surface area contributed by atoms with Crippen molar-refractivity contribution in [1.82, 2.24) is 0 Å². The van der Waals surface area contributed by atoms with E-state index >= 15 is 0 Å². The number of hydrogen-bond donors (Lipinski definition) is 1. The molecule has 0 spiro atoms. The van der Waals surface area contributed by atoms with Crippen LogP contribution >= 0.6 is 0 Å². The van der Waals surface area contributed by atoms with Crippen molar-refractivity contribution < 1.29 is 14.6 Å². The molecule has 3 heteroatoms. The number of carboxylic acids is 1. The van der Waals surface area contributed by atoms with Crippen molar-refractivity contribution >= 4 is 5.97 Å². The average Bonchev–Trinajstić information content (AvgIpc) is 3.20. The smallest absolute Gasteiger partial charge is 0.327 e. The maximum atomic E-state index is 10.3. The van der Waals surface area contributed by atoms with E-state index in [2.05, 4.69) is 6.92 Å². The van der Waals surface area contributed by atoms with Crippen LogP contribution in [0.3, 0.4) is 0 Å². The molecule has 0 aromatic rings. The zero-order valence-corrected chi connectivity index (χ0v) is 13.6. The van der Waals surface area contributed by atoms with E-state index in [1.54, 1.807) is 6.08 Å². The molecular weight excluding hydrogens is 264 g/mol. The molecule has 0 aromatic heterocycles. The van der Waals surface area contributed by atoms with Gasteiger partial charge in [0.2, 0.25) is 0 Å². The summed E-state index contributed by atoms with van der Waals surface area (Å²) >= 11 is 0.